The minimum Gasteiger partial charge on any atom is -0.382 e. The van der Waals surface area contributed by atoms with Crippen LogP contribution in [-0.2, 0) is 12.5 Å². The van der Waals surface area contributed by atoms with E-state index in [-0.39, 0.29) is 5.41 Å². The van der Waals surface area contributed by atoms with Gasteiger partial charge in [0.15, 0.2) is 17.3 Å². The van der Waals surface area contributed by atoms with Crippen molar-refractivity contribution in [3.05, 3.63) is 36.2 Å². The molecular formula is C16H19N5. The van der Waals surface area contributed by atoms with E-state index in [9.17, 15) is 0 Å². The molecule has 21 heavy (non-hydrogen) atoms. The van der Waals surface area contributed by atoms with Crippen LogP contribution >= 0.6 is 0 Å². The van der Waals surface area contributed by atoms with E-state index < -0.39 is 0 Å². The van der Waals surface area contributed by atoms with Gasteiger partial charge in [0.1, 0.15) is 5.52 Å². The summed E-state index contributed by atoms with van der Waals surface area (Å²) in [5.74, 6) is 1.04. The number of nitrogens with two attached hydrogens (primary N) is 1. The molecule has 5 nitrogen and oxygen atoms in total. The molecule has 0 radical (unpaired) electrons. The Morgan fingerprint density at radius 1 is 1.05 bits per heavy atom. The summed E-state index contributed by atoms with van der Waals surface area (Å²) in [6, 6.07) is 8.31. The van der Waals surface area contributed by atoms with Crippen molar-refractivity contribution >= 4 is 17.0 Å². The summed E-state index contributed by atoms with van der Waals surface area (Å²) in [6.07, 6.45) is 1.70. The van der Waals surface area contributed by atoms with E-state index in [1.54, 1.807) is 6.33 Å². The van der Waals surface area contributed by atoms with Gasteiger partial charge < -0.3 is 10.3 Å². The highest BCUT2D eigenvalue weighted by Gasteiger charge is 2.15. The van der Waals surface area contributed by atoms with Gasteiger partial charge in [-0.25, -0.2) is 15.0 Å². The van der Waals surface area contributed by atoms with Crippen LogP contribution in [0.1, 0.15) is 26.3 Å². The summed E-state index contributed by atoms with van der Waals surface area (Å²) < 4.78 is 1.85. The van der Waals surface area contributed by atoms with E-state index >= 15 is 0 Å². The van der Waals surface area contributed by atoms with Crippen LogP contribution in [0.15, 0.2) is 30.6 Å². The number of benzene rings is 1. The quantitative estimate of drug-likeness (QED) is 0.744. The average molecular weight is 281 g/mol. The molecule has 0 amide bonds. The summed E-state index contributed by atoms with van der Waals surface area (Å²) in [7, 11) is 1.90. The number of anilines is 1. The summed E-state index contributed by atoms with van der Waals surface area (Å²) in [5, 5.41) is 0. The molecule has 0 fully saturated rings. The van der Waals surface area contributed by atoms with Crippen LogP contribution in [0, 0.1) is 0 Å². The van der Waals surface area contributed by atoms with Gasteiger partial charge in [-0.05, 0) is 11.0 Å². The Morgan fingerprint density at radius 2 is 1.71 bits per heavy atom. The number of rotatable bonds is 1. The van der Waals surface area contributed by atoms with E-state index in [1.807, 2.05) is 23.7 Å². The number of fused-ring (bicyclic) bond motifs is 1. The van der Waals surface area contributed by atoms with Crippen molar-refractivity contribution < 1.29 is 0 Å². The van der Waals surface area contributed by atoms with Gasteiger partial charge in [-0.1, -0.05) is 45.0 Å². The molecule has 0 aliphatic heterocycles. The molecule has 5 heteroatoms. The predicted molar refractivity (Wildman–Crippen MR) is 84.9 cm³/mol. The second-order valence-electron chi connectivity index (χ2n) is 6.29. The molecule has 2 aromatic heterocycles. The number of aromatic nitrogens is 4. The first-order valence-electron chi connectivity index (χ1n) is 6.92. The normalized spacial score (nSPS) is 12.0. The van der Waals surface area contributed by atoms with Crippen molar-refractivity contribution in [3.63, 3.8) is 0 Å². The van der Waals surface area contributed by atoms with Gasteiger partial charge in [0.25, 0.3) is 0 Å². The summed E-state index contributed by atoms with van der Waals surface area (Å²) in [4.78, 5) is 13.1. The Morgan fingerprint density at radius 3 is 2.33 bits per heavy atom. The standard InChI is InChI=1S/C16H19N5/c1-16(2,3)11-7-5-10(6-8-11)14-19-13(17)12-15(20-14)21(4)9-18-12/h5-9H,1-4H3,(H2,17,19,20). The molecule has 0 bridgehead atoms. The first-order chi connectivity index (χ1) is 9.86. The third kappa shape index (κ3) is 2.35. The van der Waals surface area contributed by atoms with E-state index in [0.717, 1.165) is 11.2 Å². The molecule has 108 valence electrons. The summed E-state index contributed by atoms with van der Waals surface area (Å²) in [6.45, 7) is 6.58. The highest BCUT2D eigenvalue weighted by atomic mass is 15.1. The third-order valence-electron chi connectivity index (χ3n) is 3.60. The maximum Gasteiger partial charge on any atom is 0.165 e. The molecule has 0 spiro atoms. The van der Waals surface area contributed by atoms with E-state index in [4.69, 9.17) is 5.73 Å². The maximum atomic E-state index is 5.98. The van der Waals surface area contributed by atoms with Crippen molar-refractivity contribution in [2.75, 3.05) is 5.73 Å². The number of hydrogen-bond acceptors (Lipinski definition) is 4. The Balaban J connectivity index is 2.10. The van der Waals surface area contributed by atoms with Crippen LogP contribution in [0.4, 0.5) is 5.82 Å². The van der Waals surface area contributed by atoms with Crippen LogP contribution in [0.5, 0.6) is 0 Å². The Hall–Kier alpha value is -2.43. The Labute approximate surface area is 123 Å². The summed E-state index contributed by atoms with van der Waals surface area (Å²) in [5.41, 5.74) is 9.74. The summed E-state index contributed by atoms with van der Waals surface area (Å²) >= 11 is 0. The van der Waals surface area contributed by atoms with Crippen molar-refractivity contribution in [1.29, 1.82) is 0 Å². The predicted octanol–water partition coefficient (Wildman–Crippen LogP) is 2.91. The zero-order valence-electron chi connectivity index (χ0n) is 12.8. The molecule has 2 heterocycles. The van der Waals surface area contributed by atoms with Crippen molar-refractivity contribution in [2.45, 2.75) is 26.2 Å². The van der Waals surface area contributed by atoms with Crippen LogP contribution < -0.4 is 5.73 Å². The number of hydrogen-bond donors (Lipinski definition) is 1. The largest absolute Gasteiger partial charge is 0.382 e. The minimum absolute atomic E-state index is 0.129. The van der Waals surface area contributed by atoms with E-state index in [2.05, 4.69) is 47.9 Å². The Bertz CT molecular complexity index is 794. The first kappa shape index (κ1) is 13.5. The van der Waals surface area contributed by atoms with Crippen LogP contribution in [-0.4, -0.2) is 19.5 Å². The lowest BCUT2D eigenvalue weighted by atomic mass is 9.87. The molecule has 0 atom stereocenters. The maximum absolute atomic E-state index is 5.98. The lowest BCUT2D eigenvalue weighted by molar-refractivity contribution is 0.590. The van der Waals surface area contributed by atoms with Gasteiger partial charge in [-0.2, -0.15) is 0 Å². The lowest BCUT2D eigenvalue weighted by Gasteiger charge is -2.19. The highest BCUT2D eigenvalue weighted by molar-refractivity contribution is 5.83. The molecule has 0 aliphatic rings. The van der Waals surface area contributed by atoms with Crippen molar-refractivity contribution in [3.8, 4) is 11.4 Å². The van der Waals surface area contributed by atoms with Crippen LogP contribution in [0.3, 0.4) is 0 Å². The van der Waals surface area contributed by atoms with Gasteiger partial charge in [0, 0.05) is 12.6 Å². The SMILES string of the molecule is Cn1cnc2c(N)nc(-c3ccc(C(C)(C)C)cc3)nc21. The fourth-order valence-electron chi connectivity index (χ4n) is 2.28. The number of nitrogen functional groups attached to an aromatic ring is 1. The Kier molecular flexibility index (Phi) is 2.93. The second-order valence-corrected chi connectivity index (χ2v) is 6.29. The van der Waals surface area contributed by atoms with Gasteiger partial charge >= 0.3 is 0 Å². The van der Waals surface area contributed by atoms with Gasteiger partial charge in [0.05, 0.1) is 6.33 Å². The number of imidazole rings is 1. The highest BCUT2D eigenvalue weighted by Crippen LogP contribution is 2.26. The molecule has 2 N–H and O–H groups in total. The molecular weight excluding hydrogens is 262 g/mol. The van der Waals surface area contributed by atoms with Gasteiger partial charge in [0.2, 0.25) is 0 Å². The van der Waals surface area contributed by atoms with Crippen molar-refractivity contribution in [2.24, 2.45) is 7.05 Å². The van der Waals surface area contributed by atoms with Crippen LogP contribution in [0.25, 0.3) is 22.6 Å². The third-order valence-corrected chi connectivity index (χ3v) is 3.60. The van der Waals surface area contributed by atoms with E-state index in [1.165, 1.54) is 5.56 Å². The molecule has 1 aromatic carbocycles. The number of aryl methyl sites for hydroxylation is 1. The second kappa shape index (κ2) is 4.55. The molecule has 3 aromatic rings. The number of nitrogens with zero attached hydrogens (tertiary/aromatic N) is 4. The zero-order valence-corrected chi connectivity index (χ0v) is 12.8. The molecule has 3 rings (SSSR count). The molecule has 0 unspecified atom stereocenters. The van der Waals surface area contributed by atoms with Crippen molar-refractivity contribution in [1.82, 2.24) is 19.5 Å². The smallest absolute Gasteiger partial charge is 0.165 e. The fraction of sp³-hybridized carbons (Fsp3) is 0.312. The first-order valence-corrected chi connectivity index (χ1v) is 6.92. The lowest BCUT2D eigenvalue weighted by Crippen LogP contribution is -2.10. The fourth-order valence-corrected chi connectivity index (χ4v) is 2.28. The monoisotopic (exact) mass is 281 g/mol. The molecule has 0 saturated carbocycles. The van der Waals surface area contributed by atoms with Gasteiger partial charge in [-0.15, -0.1) is 0 Å². The van der Waals surface area contributed by atoms with Gasteiger partial charge in [-0.3, -0.25) is 0 Å². The topological polar surface area (TPSA) is 69.6 Å². The molecule has 0 saturated heterocycles. The zero-order chi connectivity index (χ0) is 15.2. The average Bonchev–Trinajstić information content (AvgIpc) is 2.80. The van der Waals surface area contributed by atoms with Crippen LogP contribution in [0.2, 0.25) is 0 Å². The van der Waals surface area contributed by atoms with E-state index in [0.29, 0.717) is 17.2 Å². The molecule has 0 aliphatic carbocycles. The minimum atomic E-state index is 0.129.